The highest BCUT2D eigenvalue weighted by atomic mass is 79.9. The molecule has 4 aliphatic rings. The minimum Gasteiger partial charge on any atom is -0.462 e. The summed E-state index contributed by atoms with van der Waals surface area (Å²) in [7, 11) is 0. The molecule has 4 aliphatic carbocycles. The number of ether oxygens (including phenoxy) is 1. The number of carbonyl (C=O) groups excluding carboxylic acids is 1. The molecule has 8 atom stereocenters. The van der Waals surface area contributed by atoms with Crippen molar-refractivity contribution in [1.82, 2.24) is 0 Å². The third kappa shape index (κ3) is 4.30. The smallest absolute Gasteiger partial charge is 0.302 e. The SMILES string of the molecule is CC(=O)O[C@H]1CC[C@H]2[C@@H]3CC[C@H]4C/C(=N\Oc5ccc([N+](=O)[O-])cc5)C(Br)C[C@]4(C)[C@H]3CC[C@]12C. The van der Waals surface area contributed by atoms with Crippen molar-refractivity contribution in [1.29, 1.82) is 0 Å². The van der Waals surface area contributed by atoms with Crippen LogP contribution in [0.1, 0.15) is 72.1 Å². The fraction of sp³-hybridized carbons (Fsp3) is 0.704. The summed E-state index contributed by atoms with van der Waals surface area (Å²) in [6, 6.07) is 6.05. The van der Waals surface area contributed by atoms with Crippen molar-refractivity contribution < 1.29 is 19.3 Å². The van der Waals surface area contributed by atoms with Crippen molar-refractivity contribution in [2.24, 2.45) is 39.7 Å². The van der Waals surface area contributed by atoms with E-state index < -0.39 is 4.92 Å². The third-order valence-electron chi connectivity index (χ3n) is 10.0. The molecule has 0 radical (unpaired) electrons. The first-order chi connectivity index (χ1) is 16.6. The fourth-order valence-electron chi connectivity index (χ4n) is 8.25. The number of fused-ring (bicyclic) bond motifs is 5. The van der Waals surface area contributed by atoms with Crippen LogP contribution >= 0.6 is 15.9 Å². The van der Waals surface area contributed by atoms with Crippen LogP contribution in [0.4, 0.5) is 5.69 Å². The lowest BCUT2D eigenvalue weighted by atomic mass is 9.45. The number of nitrogens with zero attached hydrogens (tertiary/aromatic N) is 2. The van der Waals surface area contributed by atoms with E-state index in [0.717, 1.165) is 31.4 Å². The predicted molar refractivity (Wildman–Crippen MR) is 137 cm³/mol. The second-order valence-electron chi connectivity index (χ2n) is 11.7. The van der Waals surface area contributed by atoms with E-state index in [9.17, 15) is 14.9 Å². The number of benzene rings is 1. The molecule has 0 N–H and O–H groups in total. The summed E-state index contributed by atoms with van der Waals surface area (Å²) in [5.41, 5.74) is 1.44. The van der Waals surface area contributed by atoms with E-state index >= 15 is 0 Å². The Morgan fingerprint density at radius 3 is 2.49 bits per heavy atom. The highest BCUT2D eigenvalue weighted by Crippen LogP contribution is 2.66. The van der Waals surface area contributed by atoms with E-state index in [4.69, 9.17) is 9.57 Å². The van der Waals surface area contributed by atoms with E-state index in [1.165, 1.54) is 44.7 Å². The Morgan fingerprint density at radius 2 is 1.80 bits per heavy atom. The van der Waals surface area contributed by atoms with Gasteiger partial charge < -0.3 is 9.57 Å². The number of halogens is 1. The Balaban J connectivity index is 1.29. The molecule has 7 nitrogen and oxygen atoms in total. The van der Waals surface area contributed by atoms with Gasteiger partial charge in [0.25, 0.3) is 5.69 Å². The number of oxime groups is 1. The van der Waals surface area contributed by atoms with Crippen molar-refractivity contribution in [2.75, 3.05) is 0 Å². The molecule has 0 spiro atoms. The van der Waals surface area contributed by atoms with Gasteiger partial charge in [0.1, 0.15) is 6.10 Å². The monoisotopic (exact) mass is 546 g/mol. The maximum Gasteiger partial charge on any atom is 0.302 e. The molecule has 0 aliphatic heterocycles. The van der Waals surface area contributed by atoms with Gasteiger partial charge in [0.15, 0.2) is 5.75 Å². The summed E-state index contributed by atoms with van der Waals surface area (Å²) in [5.74, 6) is 2.96. The number of esters is 1. The standard InChI is InChI=1S/C27H35BrN2O5/c1-16(31)34-25-11-10-21-20-9-4-17-14-24(29-35-19-7-5-18(6-8-19)30(32)33)23(28)15-27(17,3)22(20)12-13-26(21,25)2/h5-8,17,20-23,25H,4,9-15H2,1-3H3/b29-24+/t17-,20-,21-,22-,23?,25-,26-,27-/m0/s1. The molecule has 35 heavy (non-hydrogen) atoms. The number of rotatable bonds is 4. The lowest BCUT2D eigenvalue weighted by Crippen LogP contribution is -2.55. The van der Waals surface area contributed by atoms with Gasteiger partial charge in [-0.1, -0.05) is 34.9 Å². The molecule has 4 saturated carbocycles. The summed E-state index contributed by atoms with van der Waals surface area (Å²) in [6.45, 7) is 6.41. The van der Waals surface area contributed by atoms with Crippen LogP contribution in [-0.2, 0) is 9.53 Å². The van der Waals surface area contributed by atoms with E-state index in [2.05, 4.69) is 34.9 Å². The molecule has 8 heteroatoms. The normalized spacial score (nSPS) is 41.4. The van der Waals surface area contributed by atoms with Crippen LogP contribution in [0.5, 0.6) is 5.75 Å². The molecule has 1 unspecified atom stereocenters. The zero-order valence-electron chi connectivity index (χ0n) is 20.7. The second kappa shape index (κ2) is 9.16. The predicted octanol–water partition coefficient (Wildman–Crippen LogP) is 6.68. The molecule has 0 saturated heterocycles. The minimum absolute atomic E-state index is 0.0404. The number of hydrogen-bond acceptors (Lipinski definition) is 6. The number of nitro benzene ring substituents is 1. The van der Waals surface area contributed by atoms with Crippen LogP contribution in [0.3, 0.4) is 0 Å². The number of alkyl halides is 1. The molecule has 5 rings (SSSR count). The average molecular weight is 547 g/mol. The van der Waals surface area contributed by atoms with Gasteiger partial charge in [-0.25, -0.2) is 0 Å². The van der Waals surface area contributed by atoms with Gasteiger partial charge in [-0.15, -0.1) is 0 Å². The van der Waals surface area contributed by atoms with Crippen LogP contribution in [0, 0.1) is 44.6 Å². The Labute approximate surface area is 215 Å². The van der Waals surface area contributed by atoms with E-state index in [0.29, 0.717) is 29.4 Å². The van der Waals surface area contributed by atoms with E-state index in [1.54, 1.807) is 12.1 Å². The first kappa shape index (κ1) is 24.7. The number of carbonyl (C=O) groups is 1. The second-order valence-corrected chi connectivity index (χ2v) is 12.8. The number of non-ortho nitro benzene ring substituents is 1. The third-order valence-corrected chi connectivity index (χ3v) is 10.9. The van der Waals surface area contributed by atoms with Gasteiger partial charge in [0.05, 0.1) is 15.5 Å². The molecule has 4 fully saturated rings. The summed E-state index contributed by atoms with van der Waals surface area (Å²) in [5, 5.41) is 15.4. The number of nitro groups is 1. The lowest BCUT2D eigenvalue weighted by molar-refractivity contribution is -0.384. The number of hydrogen-bond donors (Lipinski definition) is 0. The quantitative estimate of drug-likeness (QED) is 0.182. The lowest BCUT2D eigenvalue weighted by Gasteiger charge is -2.60. The van der Waals surface area contributed by atoms with Crippen molar-refractivity contribution in [3.05, 3.63) is 34.4 Å². The van der Waals surface area contributed by atoms with Crippen LogP contribution in [0.15, 0.2) is 29.4 Å². The van der Waals surface area contributed by atoms with Gasteiger partial charge >= 0.3 is 5.97 Å². The molecule has 1 aromatic carbocycles. The molecule has 0 bridgehead atoms. The molecule has 190 valence electrons. The Morgan fingerprint density at radius 1 is 1.09 bits per heavy atom. The van der Waals surface area contributed by atoms with Gasteiger partial charge in [-0.3, -0.25) is 14.9 Å². The summed E-state index contributed by atoms with van der Waals surface area (Å²) in [6.07, 6.45) is 8.97. The minimum atomic E-state index is -0.418. The van der Waals surface area contributed by atoms with Crippen LogP contribution < -0.4 is 4.84 Å². The maximum atomic E-state index is 11.7. The molecule has 0 aromatic heterocycles. The van der Waals surface area contributed by atoms with Gasteiger partial charge in [-0.2, -0.15) is 0 Å². The highest BCUT2D eigenvalue weighted by molar-refractivity contribution is 9.10. The van der Waals surface area contributed by atoms with Crippen molar-refractivity contribution in [3.63, 3.8) is 0 Å². The molecule has 0 heterocycles. The van der Waals surface area contributed by atoms with Gasteiger partial charge in [0, 0.05) is 24.5 Å². The van der Waals surface area contributed by atoms with E-state index in [1.807, 2.05) is 0 Å². The topological polar surface area (TPSA) is 91.0 Å². The summed E-state index contributed by atoms with van der Waals surface area (Å²) < 4.78 is 5.80. The zero-order valence-corrected chi connectivity index (χ0v) is 22.3. The molecule has 1 aromatic rings. The van der Waals surface area contributed by atoms with Crippen LogP contribution in [-0.4, -0.2) is 27.5 Å². The van der Waals surface area contributed by atoms with Gasteiger partial charge in [0.2, 0.25) is 0 Å². The molecular weight excluding hydrogens is 512 g/mol. The van der Waals surface area contributed by atoms with Crippen molar-refractivity contribution in [2.45, 2.75) is 83.1 Å². The van der Waals surface area contributed by atoms with Crippen LogP contribution in [0.25, 0.3) is 0 Å². The first-order valence-electron chi connectivity index (χ1n) is 12.9. The van der Waals surface area contributed by atoms with E-state index in [-0.39, 0.29) is 33.4 Å². The van der Waals surface area contributed by atoms with Crippen molar-refractivity contribution >= 4 is 33.3 Å². The zero-order chi connectivity index (χ0) is 25.0. The molecule has 0 amide bonds. The Kier molecular flexibility index (Phi) is 6.47. The first-order valence-corrected chi connectivity index (χ1v) is 13.8. The molecular formula is C27H35BrN2O5. The van der Waals surface area contributed by atoms with Gasteiger partial charge in [-0.05, 0) is 92.6 Å². The maximum absolute atomic E-state index is 11.7. The summed E-state index contributed by atoms with van der Waals surface area (Å²) >= 11 is 3.92. The fourth-order valence-corrected chi connectivity index (χ4v) is 9.22. The van der Waals surface area contributed by atoms with Crippen LogP contribution in [0.2, 0.25) is 0 Å². The van der Waals surface area contributed by atoms with Crippen molar-refractivity contribution in [3.8, 4) is 5.75 Å². The Bertz CT molecular complexity index is 1030. The average Bonchev–Trinajstić information content (AvgIpc) is 3.13. The summed E-state index contributed by atoms with van der Waals surface area (Å²) in [4.78, 5) is 28.0. The largest absolute Gasteiger partial charge is 0.462 e. The Hall–Kier alpha value is -1.96. The highest BCUT2D eigenvalue weighted by Gasteiger charge is 2.61.